The Kier molecular flexibility index (Phi) is 3.78. The third-order valence-electron chi connectivity index (χ3n) is 2.49. The highest BCUT2D eigenvalue weighted by Gasteiger charge is 2.38. The number of hydrogen-bond donors (Lipinski definition) is 1. The van der Waals surface area contributed by atoms with E-state index in [9.17, 15) is 9.90 Å². The minimum atomic E-state index is -1.48. The Morgan fingerprint density at radius 1 is 1.44 bits per heavy atom. The maximum Gasteiger partial charge on any atom is 0.340 e. The lowest BCUT2D eigenvalue weighted by Gasteiger charge is -2.25. The summed E-state index contributed by atoms with van der Waals surface area (Å²) in [6.45, 7) is 1.45. The van der Waals surface area contributed by atoms with Gasteiger partial charge in [0.2, 0.25) is 0 Å². The van der Waals surface area contributed by atoms with Gasteiger partial charge >= 0.3 is 5.97 Å². The van der Waals surface area contributed by atoms with E-state index in [2.05, 4.69) is 0 Å². The zero-order valence-electron chi connectivity index (χ0n) is 9.28. The van der Waals surface area contributed by atoms with Crippen molar-refractivity contribution in [3.8, 4) is 5.75 Å². The molecule has 0 fully saturated rings. The second-order valence-electron chi connectivity index (χ2n) is 3.39. The van der Waals surface area contributed by atoms with E-state index in [-0.39, 0.29) is 0 Å². The van der Waals surface area contributed by atoms with E-state index >= 15 is 0 Å². The Balaban J connectivity index is 3.39. The van der Waals surface area contributed by atoms with Crippen molar-refractivity contribution in [2.45, 2.75) is 12.5 Å². The fourth-order valence-corrected chi connectivity index (χ4v) is 1.54. The standard InChI is InChI=1S/C11H13ClO4/c1-11(16-3,10(13)14)8-6-7(12)4-5-9(8)15-2/h4-6H,1-3H3,(H,13,14). The van der Waals surface area contributed by atoms with Crippen LogP contribution in [0.4, 0.5) is 0 Å². The van der Waals surface area contributed by atoms with Gasteiger partial charge in [0.05, 0.1) is 7.11 Å². The molecular formula is C11H13ClO4. The summed E-state index contributed by atoms with van der Waals surface area (Å²) < 4.78 is 10.1. The Morgan fingerprint density at radius 2 is 2.06 bits per heavy atom. The molecular weight excluding hydrogens is 232 g/mol. The van der Waals surface area contributed by atoms with E-state index in [0.717, 1.165) is 0 Å². The highest BCUT2D eigenvalue weighted by molar-refractivity contribution is 6.30. The predicted molar refractivity (Wildman–Crippen MR) is 60.0 cm³/mol. The summed E-state index contributed by atoms with van der Waals surface area (Å²) in [4.78, 5) is 11.2. The minimum absolute atomic E-state index is 0.387. The van der Waals surface area contributed by atoms with Gasteiger partial charge in [-0.25, -0.2) is 4.79 Å². The third kappa shape index (κ3) is 2.13. The number of rotatable bonds is 4. The number of benzene rings is 1. The fraction of sp³-hybridized carbons (Fsp3) is 0.364. The number of ether oxygens (including phenoxy) is 2. The first-order valence-electron chi connectivity index (χ1n) is 4.58. The summed E-state index contributed by atoms with van der Waals surface area (Å²) >= 11 is 5.84. The van der Waals surface area contributed by atoms with Crippen LogP contribution >= 0.6 is 11.6 Å². The summed E-state index contributed by atoms with van der Waals surface area (Å²) in [5.74, 6) is -0.674. The zero-order valence-corrected chi connectivity index (χ0v) is 10.0. The summed E-state index contributed by atoms with van der Waals surface area (Å²) in [7, 11) is 2.79. The molecule has 0 spiro atoms. The van der Waals surface area contributed by atoms with Crippen LogP contribution in [0.5, 0.6) is 5.75 Å². The maximum absolute atomic E-state index is 11.2. The van der Waals surface area contributed by atoms with Crippen molar-refractivity contribution in [2.24, 2.45) is 0 Å². The lowest BCUT2D eigenvalue weighted by molar-refractivity contribution is -0.161. The van der Waals surface area contributed by atoms with Crippen molar-refractivity contribution in [1.82, 2.24) is 0 Å². The van der Waals surface area contributed by atoms with Crippen LogP contribution in [0.3, 0.4) is 0 Å². The fourth-order valence-electron chi connectivity index (χ4n) is 1.37. The maximum atomic E-state index is 11.2. The monoisotopic (exact) mass is 244 g/mol. The predicted octanol–water partition coefficient (Wildman–Crippen LogP) is 2.29. The Labute approximate surface area is 98.7 Å². The number of carbonyl (C=O) groups is 1. The number of carboxylic acids is 1. The van der Waals surface area contributed by atoms with Gasteiger partial charge < -0.3 is 14.6 Å². The SMILES string of the molecule is COc1ccc(Cl)cc1C(C)(OC)C(=O)O. The molecule has 0 aromatic heterocycles. The molecule has 1 rings (SSSR count). The average Bonchev–Trinajstić information content (AvgIpc) is 2.27. The molecule has 0 radical (unpaired) electrons. The Morgan fingerprint density at radius 3 is 2.50 bits per heavy atom. The number of methoxy groups -OCH3 is 2. The van der Waals surface area contributed by atoms with Crippen molar-refractivity contribution < 1.29 is 19.4 Å². The van der Waals surface area contributed by atoms with E-state index in [0.29, 0.717) is 16.3 Å². The molecule has 88 valence electrons. The molecule has 1 aromatic carbocycles. The molecule has 1 unspecified atom stereocenters. The molecule has 0 aliphatic carbocycles. The number of halogens is 1. The van der Waals surface area contributed by atoms with Gasteiger partial charge in [-0.1, -0.05) is 11.6 Å². The van der Waals surface area contributed by atoms with E-state index < -0.39 is 11.6 Å². The van der Waals surface area contributed by atoms with Gasteiger partial charge in [0.25, 0.3) is 0 Å². The van der Waals surface area contributed by atoms with Crippen LogP contribution in [0.2, 0.25) is 5.02 Å². The second kappa shape index (κ2) is 4.72. The quantitative estimate of drug-likeness (QED) is 0.883. The van der Waals surface area contributed by atoms with Gasteiger partial charge in [-0.15, -0.1) is 0 Å². The molecule has 1 aromatic rings. The van der Waals surface area contributed by atoms with Crippen molar-refractivity contribution in [3.05, 3.63) is 28.8 Å². The molecule has 0 saturated heterocycles. The van der Waals surface area contributed by atoms with E-state index in [1.165, 1.54) is 27.2 Å². The van der Waals surface area contributed by atoms with Gasteiger partial charge in [-0.05, 0) is 25.1 Å². The molecule has 1 N–H and O–H groups in total. The molecule has 0 aliphatic heterocycles. The molecule has 0 amide bonds. The van der Waals surface area contributed by atoms with E-state index in [1.807, 2.05) is 0 Å². The highest BCUT2D eigenvalue weighted by Crippen LogP contribution is 2.34. The summed E-state index contributed by atoms with van der Waals surface area (Å²) in [5.41, 5.74) is -1.09. The van der Waals surface area contributed by atoms with E-state index in [4.69, 9.17) is 21.1 Å². The molecule has 5 heteroatoms. The van der Waals surface area contributed by atoms with Gasteiger partial charge in [-0.3, -0.25) is 0 Å². The molecule has 0 heterocycles. The number of carboxylic acid groups (broad SMARTS) is 1. The van der Waals surface area contributed by atoms with Gasteiger partial charge in [0, 0.05) is 17.7 Å². The first kappa shape index (κ1) is 12.8. The molecule has 4 nitrogen and oxygen atoms in total. The average molecular weight is 245 g/mol. The number of aliphatic carboxylic acids is 1. The van der Waals surface area contributed by atoms with Crippen LogP contribution < -0.4 is 4.74 Å². The largest absolute Gasteiger partial charge is 0.496 e. The van der Waals surface area contributed by atoms with Crippen LogP contribution in [-0.4, -0.2) is 25.3 Å². The second-order valence-corrected chi connectivity index (χ2v) is 3.82. The zero-order chi connectivity index (χ0) is 12.3. The van der Waals surface area contributed by atoms with Crippen molar-refractivity contribution in [2.75, 3.05) is 14.2 Å². The molecule has 0 aliphatic rings. The van der Waals surface area contributed by atoms with Crippen molar-refractivity contribution >= 4 is 17.6 Å². The first-order chi connectivity index (χ1) is 7.45. The highest BCUT2D eigenvalue weighted by atomic mass is 35.5. The lowest BCUT2D eigenvalue weighted by atomic mass is 9.95. The summed E-state index contributed by atoms with van der Waals surface area (Å²) in [6, 6.07) is 4.76. The first-order valence-corrected chi connectivity index (χ1v) is 4.96. The van der Waals surface area contributed by atoms with Crippen LogP contribution in [-0.2, 0) is 15.1 Å². The number of hydrogen-bond acceptors (Lipinski definition) is 3. The molecule has 1 atom stereocenters. The topological polar surface area (TPSA) is 55.8 Å². The van der Waals surface area contributed by atoms with Crippen LogP contribution in [0.1, 0.15) is 12.5 Å². The normalized spacial score (nSPS) is 14.2. The summed E-state index contributed by atoms with van der Waals surface area (Å²) in [6.07, 6.45) is 0. The van der Waals surface area contributed by atoms with Gasteiger partial charge in [0.15, 0.2) is 5.60 Å². The molecule has 0 saturated carbocycles. The molecule has 16 heavy (non-hydrogen) atoms. The van der Waals surface area contributed by atoms with Crippen LogP contribution in [0.25, 0.3) is 0 Å². The third-order valence-corrected chi connectivity index (χ3v) is 2.73. The van der Waals surface area contributed by atoms with Crippen molar-refractivity contribution in [1.29, 1.82) is 0 Å². The summed E-state index contributed by atoms with van der Waals surface area (Å²) in [5, 5.41) is 9.60. The lowest BCUT2D eigenvalue weighted by Crippen LogP contribution is -2.34. The smallest absolute Gasteiger partial charge is 0.340 e. The van der Waals surface area contributed by atoms with Crippen LogP contribution in [0, 0.1) is 0 Å². The minimum Gasteiger partial charge on any atom is -0.496 e. The van der Waals surface area contributed by atoms with Gasteiger partial charge in [-0.2, -0.15) is 0 Å². The van der Waals surface area contributed by atoms with Gasteiger partial charge in [0.1, 0.15) is 5.75 Å². The van der Waals surface area contributed by atoms with Crippen LogP contribution in [0.15, 0.2) is 18.2 Å². The van der Waals surface area contributed by atoms with E-state index in [1.54, 1.807) is 12.1 Å². The molecule has 0 bridgehead atoms. The Hall–Kier alpha value is -1.26. The Bertz CT molecular complexity index is 405. The van der Waals surface area contributed by atoms with Crippen molar-refractivity contribution in [3.63, 3.8) is 0 Å².